The second-order valence-corrected chi connectivity index (χ2v) is 7.75. The lowest BCUT2D eigenvalue weighted by molar-refractivity contribution is -0.595. The van der Waals surface area contributed by atoms with Gasteiger partial charge in [-0.2, -0.15) is 14.3 Å². The highest BCUT2D eigenvalue weighted by Gasteiger charge is 2.35. The minimum Gasteiger partial charge on any atom is -0.497 e. The largest absolute Gasteiger partial charge is 0.497 e. The molecule has 0 radical (unpaired) electrons. The number of benzene rings is 2. The van der Waals surface area contributed by atoms with Crippen molar-refractivity contribution in [3.05, 3.63) is 102 Å². The molecule has 0 N–H and O–H groups in total. The van der Waals surface area contributed by atoms with E-state index in [0.717, 1.165) is 51.5 Å². The average molecular weight is 423 g/mol. The Morgan fingerprint density at radius 3 is 2.28 bits per heavy atom. The fourth-order valence-electron chi connectivity index (χ4n) is 4.32. The molecule has 0 fully saturated rings. The van der Waals surface area contributed by atoms with Gasteiger partial charge in [0.15, 0.2) is 18.1 Å². The highest BCUT2D eigenvalue weighted by Crippen LogP contribution is 2.35. The molecule has 2 aromatic heterocycles. The van der Waals surface area contributed by atoms with Crippen LogP contribution >= 0.6 is 0 Å². The summed E-state index contributed by atoms with van der Waals surface area (Å²) >= 11 is 0. The molecule has 0 atom stereocenters. The van der Waals surface area contributed by atoms with Crippen molar-refractivity contribution in [2.45, 2.75) is 19.8 Å². The van der Waals surface area contributed by atoms with Crippen LogP contribution in [0.2, 0.25) is 0 Å². The number of methoxy groups -OCH3 is 1. The Kier molecular flexibility index (Phi) is 5.15. The summed E-state index contributed by atoms with van der Waals surface area (Å²) in [6, 6.07) is 23.7. The summed E-state index contributed by atoms with van der Waals surface area (Å²) in [6.07, 6.45) is 5.46. The number of allylic oxidation sites excluding steroid dienone is 2. The van der Waals surface area contributed by atoms with E-state index in [9.17, 15) is 4.79 Å². The smallest absolute Gasteiger partial charge is 0.279 e. The number of hydrogen-bond acceptors (Lipinski definition) is 3. The Morgan fingerprint density at radius 2 is 1.62 bits per heavy atom. The van der Waals surface area contributed by atoms with E-state index in [-0.39, 0.29) is 5.91 Å². The van der Waals surface area contributed by atoms with Crippen molar-refractivity contribution in [2.24, 2.45) is 0 Å². The first-order chi connectivity index (χ1) is 15.7. The number of nitrogens with zero attached hydrogens (tertiary/aromatic N) is 3. The number of hydrogen-bond donors (Lipinski definition) is 0. The van der Waals surface area contributed by atoms with Crippen LogP contribution in [-0.4, -0.2) is 22.8 Å². The third-order valence-electron chi connectivity index (χ3n) is 5.92. The standard InChI is InChI=1S/C27H24N3O2/c1-3-19-18-23-26(29-16-8-5-9-17-29)25(21-10-6-4-7-11-21)28-30(23)27(31)24(19)20-12-14-22(32-2)15-13-20/h4-17H,3,18H2,1-2H3/q+1. The fraction of sp³-hybridized carbons (Fsp3) is 0.148. The zero-order chi connectivity index (χ0) is 22.1. The number of ether oxygens (including phenoxy) is 1. The van der Waals surface area contributed by atoms with Crippen LogP contribution in [0.3, 0.4) is 0 Å². The molecule has 0 unspecified atom stereocenters. The number of fused-ring (bicyclic) bond motifs is 1. The van der Waals surface area contributed by atoms with Crippen LogP contribution in [0.4, 0.5) is 0 Å². The number of carbonyl (C=O) groups is 1. The van der Waals surface area contributed by atoms with Gasteiger partial charge in [-0.1, -0.05) is 61.0 Å². The first-order valence-electron chi connectivity index (χ1n) is 10.8. The summed E-state index contributed by atoms with van der Waals surface area (Å²) in [4.78, 5) is 13.8. The maximum atomic E-state index is 13.8. The Balaban J connectivity index is 1.71. The van der Waals surface area contributed by atoms with Crippen LogP contribution in [0.15, 0.2) is 90.8 Å². The molecule has 4 aromatic rings. The molecule has 0 saturated heterocycles. The minimum absolute atomic E-state index is 0.0896. The molecule has 2 aromatic carbocycles. The third-order valence-corrected chi connectivity index (χ3v) is 5.92. The Morgan fingerprint density at radius 1 is 0.938 bits per heavy atom. The predicted octanol–water partition coefficient (Wildman–Crippen LogP) is 4.90. The van der Waals surface area contributed by atoms with Crippen LogP contribution in [0, 0.1) is 0 Å². The van der Waals surface area contributed by atoms with Crippen LogP contribution in [0.5, 0.6) is 5.75 Å². The molecule has 1 aliphatic heterocycles. The van der Waals surface area contributed by atoms with Crippen molar-refractivity contribution in [3.63, 3.8) is 0 Å². The average Bonchev–Trinajstić information content (AvgIpc) is 3.25. The van der Waals surface area contributed by atoms with Gasteiger partial charge in [0.25, 0.3) is 11.6 Å². The van der Waals surface area contributed by atoms with Crippen molar-refractivity contribution >= 4 is 11.5 Å². The lowest BCUT2D eigenvalue weighted by Crippen LogP contribution is -2.33. The van der Waals surface area contributed by atoms with Crippen molar-refractivity contribution in [1.82, 2.24) is 9.78 Å². The lowest BCUT2D eigenvalue weighted by Gasteiger charge is -2.20. The molecular formula is C27H24N3O2+. The van der Waals surface area contributed by atoms with E-state index >= 15 is 0 Å². The molecule has 32 heavy (non-hydrogen) atoms. The van der Waals surface area contributed by atoms with Gasteiger partial charge >= 0.3 is 0 Å². The molecule has 0 amide bonds. The number of aromatic nitrogens is 3. The molecule has 0 aliphatic carbocycles. The minimum atomic E-state index is -0.0896. The van der Waals surface area contributed by atoms with E-state index in [0.29, 0.717) is 6.42 Å². The highest BCUT2D eigenvalue weighted by molar-refractivity contribution is 6.22. The van der Waals surface area contributed by atoms with Gasteiger partial charge in [-0.25, -0.2) is 0 Å². The van der Waals surface area contributed by atoms with E-state index in [2.05, 4.69) is 11.5 Å². The molecule has 3 heterocycles. The maximum Gasteiger partial charge on any atom is 0.279 e. The van der Waals surface area contributed by atoms with Crippen LogP contribution < -0.4 is 9.30 Å². The predicted molar refractivity (Wildman–Crippen MR) is 124 cm³/mol. The van der Waals surface area contributed by atoms with Crippen LogP contribution in [-0.2, 0) is 6.42 Å². The molecular weight excluding hydrogens is 398 g/mol. The molecule has 0 spiro atoms. The quantitative estimate of drug-likeness (QED) is 0.430. The van der Waals surface area contributed by atoms with Gasteiger partial charge in [-0.05, 0) is 24.1 Å². The van der Waals surface area contributed by atoms with Gasteiger partial charge in [0.2, 0.25) is 0 Å². The fourth-order valence-corrected chi connectivity index (χ4v) is 4.32. The third kappa shape index (κ3) is 3.32. The number of rotatable bonds is 5. The molecule has 158 valence electrons. The van der Waals surface area contributed by atoms with Crippen LogP contribution in [0.25, 0.3) is 22.5 Å². The summed E-state index contributed by atoms with van der Waals surface area (Å²) in [5.74, 6) is 0.679. The summed E-state index contributed by atoms with van der Waals surface area (Å²) in [5.41, 5.74) is 6.39. The normalized spacial score (nSPS) is 13.2. The SMILES string of the molecule is CCC1=C(c2ccc(OC)cc2)C(=O)n2nc(-c3ccccc3)c(-[n+]3ccccc3)c2C1. The summed E-state index contributed by atoms with van der Waals surface area (Å²) < 4.78 is 8.94. The van der Waals surface area contributed by atoms with Gasteiger partial charge in [0.05, 0.1) is 7.11 Å². The first-order valence-corrected chi connectivity index (χ1v) is 10.8. The topological polar surface area (TPSA) is 48.0 Å². The lowest BCUT2D eigenvalue weighted by atomic mass is 9.91. The van der Waals surface area contributed by atoms with E-state index in [1.54, 1.807) is 11.8 Å². The van der Waals surface area contributed by atoms with Crippen molar-refractivity contribution in [1.29, 1.82) is 0 Å². The van der Waals surface area contributed by atoms with E-state index < -0.39 is 0 Å². The van der Waals surface area contributed by atoms with Gasteiger partial charge in [-0.3, -0.25) is 4.79 Å². The number of carbonyl (C=O) groups excluding carboxylic acids is 1. The summed E-state index contributed by atoms with van der Waals surface area (Å²) in [5, 5.41) is 4.84. The molecule has 5 heteroatoms. The van der Waals surface area contributed by atoms with Crippen molar-refractivity contribution in [2.75, 3.05) is 7.11 Å². The monoisotopic (exact) mass is 422 g/mol. The Bertz CT molecular complexity index is 1300. The van der Waals surface area contributed by atoms with Crippen molar-refractivity contribution < 1.29 is 14.1 Å². The highest BCUT2D eigenvalue weighted by atomic mass is 16.5. The molecule has 0 saturated carbocycles. The molecule has 5 rings (SSSR count). The van der Waals surface area contributed by atoms with Crippen molar-refractivity contribution in [3.8, 4) is 22.7 Å². The summed E-state index contributed by atoms with van der Waals surface area (Å²) in [6.45, 7) is 2.10. The molecule has 1 aliphatic rings. The zero-order valence-corrected chi connectivity index (χ0v) is 18.2. The van der Waals surface area contributed by atoms with Gasteiger partial charge < -0.3 is 4.74 Å². The molecule has 0 bridgehead atoms. The zero-order valence-electron chi connectivity index (χ0n) is 18.2. The second kappa shape index (κ2) is 8.27. The Labute approximate surface area is 187 Å². The molecule has 5 nitrogen and oxygen atoms in total. The van der Waals surface area contributed by atoms with Gasteiger partial charge in [-0.15, -0.1) is 0 Å². The van der Waals surface area contributed by atoms with Gasteiger partial charge in [0.1, 0.15) is 11.4 Å². The summed E-state index contributed by atoms with van der Waals surface area (Å²) in [7, 11) is 1.64. The number of pyridine rings is 1. The first kappa shape index (κ1) is 19.9. The van der Waals surface area contributed by atoms with Crippen LogP contribution in [0.1, 0.15) is 29.4 Å². The second-order valence-electron chi connectivity index (χ2n) is 7.75. The van der Waals surface area contributed by atoms with Gasteiger partial charge in [0, 0.05) is 29.7 Å². The van der Waals surface area contributed by atoms with E-state index in [1.165, 1.54) is 0 Å². The Hall–Kier alpha value is -3.99. The van der Waals surface area contributed by atoms with E-state index in [1.807, 2.05) is 85.2 Å². The van der Waals surface area contributed by atoms with E-state index in [4.69, 9.17) is 9.84 Å². The maximum absolute atomic E-state index is 13.8.